The number of amides is 1. The molecule has 2 aliphatic rings. The second-order valence-corrected chi connectivity index (χ2v) is 8.26. The molecule has 0 radical (unpaired) electrons. The van der Waals surface area contributed by atoms with Gasteiger partial charge in [-0.25, -0.2) is 0 Å². The van der Waals surface area contributed by atoms with E-state index < -0.39 is 0 Å². The largest absolute Gasteiger partial charge is 0.346 e. The first kappa shape index (κ1) is 19.1. The molecule has 1 N–H and O–H groups in total. The maximum atomic E-state index is 12.6. The van der Waals surface area contributed by atoms with Crippen molar-refractivity contribution >= 4 is 5.91 Å². The lowest BCUT2D eigenvalue weighted by Gasteiger charge is -2.33. The molecule has 4 rings (SSSR count). The summed E-state index contributed by atoms with van der Waals surface area (Å²) in [6.45, 7) is 3.01. The molecule has 0 spiro atoms. The second kappa shape index (κ2) is 8.39. The Hall–Kier alpha value is -2.27. The van der Waals surface area contributed by atoms with Gasteiger partial charge in [0.15, 0.2) is 0 Å². The van der Waals surface area contributed by atoms with Crippen LogP contribution >= 0.6 is 0 Å². The molecule has 1 amide bonds. The molecule has 4 heterocycles. The zero-order valence-electron chi connectivity index (χ0n) is 16.9. The summed E-state index contributed by atoms with van der Waals surface area (Å²) in [5.41, 5.74) is 4.71. The fourth-order valence-electron chi connectivity index (χ4n) is 4.74. The van der Waals surface area contributed by atoms with Gasteiger partial charge in [0.2, 0.25) is 5.91 Å². The van der Waals surface area contributed by atoms with E-state index in [1.165, 1.54) is 11.1 Å². The Balaban J connectivity index is 1.54. The van der Waals surface area contributed by atoms with Crippen molar-refractivity contribution in [1.29, 1.82) is 0 Å². The number of hydrogen-bond donors (Lipinski definition) is 1. The maximum Gasteiger partial charge on any atom is 0.225 e. The fourth-order valence-corrected chi connectivity index (χ4v) is 4.74. The number of pyridine rings is 2. The van der Waals surface area contributed by atoms with Crippen LogP contribution in [0.15, 0.2) is 36.7 Å². The number of carbonyl (C=O) groups is 1. The molecule has 0 aromatic carbocycles. The molecular formula is C23H30N4O. The molecule has 3 atom stereocenters. The average Bonchev–Trinajstić information content (AvgIpc) is 2.72. The minimum absolute atomic E-state index is 0.0825. The van der Waals surface area contributed by atoms with Crippen molar-refractivity contribution in [2.75, 3.05) is 13.6 Å². The zero-order chi connectivity index (χ0) is 19.5. The quantitative estimate of drug-likeness (QED) is 0.880. The molecular weight excluding hydrogens is 348 g/mol. The first-order chi connectivity index (χ1) is 13.6. The summed E-state index contributed by atoms with van der Waals surface area (Å²) < 4.78 is 0. The van der Waals surface area contributed by atoms with E-state index in [0.717, 1.165) is 56.5 Å². The van der Waals surface area contributed by atoms with E-state index in [1.807, 2.05) is 36.5 Å². The summed E-state index contributed by atoms with van der Waals surface area (Å²) in [6, 6.07) is 8.75. The third-order valence-corrected chi connectivity index (χ3v) is 6.26. The Kier molecular flexibility index (Phi) is 5.72. The monoisotopic (exact) mass is 378 g/mol. The predicted molar refractivity (Wildman–Crippen MR) is 110 cm³/mol. The number of aromatic nitrogens is 2. The summed E-state index contributed by atoms with van der Waals surface area (Å²) in [7, 11) is 1.92. The van der Waals surface area contributed by atoms with Gasteiger partial charge >= 0.3 is 0 Å². The van der Waals surface area contributed by atoms with Crippen LogP contribution in [0, 0.1) is 12.8 Å². The minimum atomic E-state index is 0.0825. The number of nitrogens with one attached hydrogen (secondary N) is 1. The van der Waals surface area contributed by atoms with E-state index in [2.05, 4.69) is 29.4 Å². The number of aryl methyl sites for hydroxylation is 1. The topological polar surface area (TPSA) is 58.1 Å². The molecule has 2 fully saturated rings. The molecule has 5 heteroatoms. The van der Waals surface area contributed by atoms with Crippen molar-refractivity contribution in [1.82, 2.24) is 20.2 Å². The Labute approximate surface area is 167 Å². The predicted octanol–water partition coefficient (Wildman–Crippen LogP) is 3.75. The van der Waals surface area contributed by atoms with E-state index in [-0.39, 0.29) is 23.9 Å². The average molecular weight is 379 g/mol. The molecule has 5 nitrogen and oxygen atoms in total. The lowest BCUT2D eigenvalue weighted by atomic mass is 9.86. The molecule has 2 saturated heterocycles. The molecule has 28 heavy (non-hydrogen) atoms. The van der Waals surface area contributed by atoms with Crippen LogP contribution in [-0.4, -0.2) is 34.4 Å². The van der Waals surface area contributed by atoms with Gasteiger partial charge in [-0.2, -0.15) is 0 Å². The zero-order valence-corrected chi connectivity index (χ0v) is 16.9. The molecule has 148 valence electrons. The van der Waals surface area contributed by atoms with Crippen LogP contribution in [-0.2, 0) is 11.2 Å². The van der Waals surface area contributed by atoms with Crippen molar-refractivity contribution in [3.63, 3.8) is 0 Å². The first-order valence-corrected chi connectivity index (χ1v) is 10.5. The summed E-state index contributed by atoms with van der Waals surface area (Å²) in [5, 5.41) is 3.80. The molecule has 0 aliphatic carbocycles. The summed E-state index contributed by atoms with van der Waals surface area (Å²) >= 11 is 0. The van der Waals surface area contributed by atoms with Crippen LogP contribution in [0.4, 0.5) is 0 Å². The van der Waals surface area contributed by atoms with Gasteiger partial charge in [0, 0.05) is 31.9 Å². The van der Waals surface area contributed by atoms with E-state index in [0.29, 0.717) is 0 Å². The van der Waals surface area contributed by atoms with Gasteiger partial charge in [-0.1, -0.05) is 12.1 Å². The third-order valence-electron chi connectivity index (χ3n) is 6.26. The van der Waals surface area contributed by atoms with Gasteiger partial charge < -0.3 is 10.2 Å². The highest BCUT2D eigenvalue weighted by molar-refractivity contribution is 5.79. The van der Waals surface area contributed by atoms with Crippen LogP contribution in [0.2, 0.25) is 0 Å². The van der Waals surface area contributed by atoms with Crippen molar-refractivity contribution in [2.24, 2.45) is 5.92 Å². The van der Waals surface area contributed by atoms with E-state index in [9.17, 15) is 4.79 Å². The highest BCUT2D eigenvalue weighted by Gasteiger charge is 2.30. The molecule has 2 aliphatic heterocycles. The number of carbonyl (C=O) groups excluding carboxylic acids is 1. The SMILES string of the molecule is Cc1cccnc1[C@@H]1CCC[C@H](c2ncccc2CC2CCCN(C)C2=O)N1. The summed E-state index contributed by atoms with van der Waals surface area (Å²) in [5.74, 6) is 0.360. The normalized spacial score (nSPS) is 25.7. The number of rotatable bonds is 4. The van der Waals surface area contributed by atoms with Crippen molar-refractivity contribution in [3.05, 3.63) is 59.2 Å². The van der Waals surface area contributed by atoms with Gasteiger partial charge in [-0.15, -0.1) is 0 Å². The van der Waals surface area contributed by atoms with Crippen LogP contribution in [0.3, 0.4) is 0 Å². The van der Waals surface area contributed by atoms with Gasteiger partial charge in [0.05, 0.1) is 23.5 Å². The molecule has 2 aromatic rings. The summed E-state index contributed by atoms with van der Waals surface area (Å²) in [6.07, 6.45) is 9.94. The lowest BCUT2D eigenvalue weighted by molar-refractivity contribution is -0.136. The Bertz CT molecular complexity index is 837. The van der Waals surface area contributed by atoms with E-state index in [1.54, 1.807) is 0 Å². The summed E-state index contributed by atoms with van der Waals surface area (Å²) in [4.78, 5) is 23.8. The Morgan fingerprint density at radius 3 is 2.54 bits per heavy atom. The lowest BCUT2D eigenvalue weighted by Crippen LogP contribution is -2.39. The first-order valence-electron chi connectivity index (χ1n) is 10.5. The van der Waals surface area contributed by atoms with Crippen molar-refractivity contribution in [3.8, 4) is 0 Å². The van der Waals surface area contributed by atoms with Gasteiger partial charge in [0.1, 0.15) is 0 Å². The van der Waals surface area contributed by atoms with E-state index in [4.69, 9.17) is 4.98 Å². The van der Waals surface area contributed by atoms with Gasteiger partial charge in [-0.05, 0) is 68.7 Å². The van der Waals surface area contributed by atoms with Gasteiger partial charge in [0.25, 0.3) is 0 Å². The molecule has 0 bridgehead atoms. The van der Waals surface area contributed by atoms with E-state index >= 15 is 0 Å². The Morgan fingerprint density at radius 2 is 1.75 bits per heavy atom. The van der Waals surface area contributed by atoms with Crippen LogP contribution < -0.4 is 5.32 Å². The second-order valence-electron chi connectivity index (χ2n) is 8.26. The van der Waals surface area contributed by atoms with Crippen LogP contribution in [0.1, 0.15) is 66.7 Å². The van der Waals surface area contributed by atoms with Crippen molar-refractivity contribution < 1.29 is 4.79 Å². The number of nitrogens with zero attached hydrogens (tertiary/aromatic N) is 3. The van der Waals surface area contributed by atoms with Crippen LogP contribution in [0.25, 0.3) is 0 Å². The number of likely N-dealkylation sites (tertiary alicyclic amines) is 1. The maximum absolute atomic E-state index is 12.6. The standard InChI is InChI=1S/C23H30N4O/c1-16-7-4-12-24-21(16)19-10-3-11-20(26-19)22-17(8-5-13-25-22)15-18-9-6-14-27(2)23(18)28/h4-5,7-8,12-13,18-20,26H,3,6,9-11,14-15H2,1-2H3/t18?,19-,20+/m0/s1. The fraction of sp³-hybridized carbons (Fsp3) is 0.522. The minimum Gasteiger partial charge on any atom is -0.346 e. The number of hydrogen-bond acceptors (Lipinski definition) is 4. The Morgan fingerprint density at radius 1 is 1.04 bits per heavy atom. The third kappa shape index (κ3) is 3.95. The van der Waals surface area contributed by atoms with Crippen LogP contribution in [0.5, 0.6) is 0 Å². The number of piperidine rings is 2. The molecule has 2 aromatic heterocycles. The molecule has 0 saturated carbocycles. The smallest absolute Gasteiger partial charge is 0.225 e. The highest BCUT2D eigenvalue weighted by Crippen LogP contribution is 2.34. The molecule has 1 unspecified atom stereocenters. The van der Waals surface area contributed by atoms with Gasteiger partial charge in [-0.3, -0.25) is 14.8 Å². The van der Waals surface area contributed by atoms with Crippen molar-refractivity contribution in [2.45, 2.75) is 57.5 Å². The highest BCUT2D eigenvalue weighted by atomic mass is 16.2.